The van der Waals surface area contributed by atoms with E-state index in [0.717, 1.165) is 5.56 Å². The van der Waals surface area contributed by atoms with Gasteiger partial charge >= 0.3 is 0 Å². The minimum Gasteiger partial charge on any atom is -0.493 e. The van der Waals surface area contributed by atoms with Gasteiger partial charge in [0.15, 0.2) is 16.6 Å². The largest absolute Gasteiger partial charge is 0.493 e. The molecule has 0 N–H and O–H groups in total. The van der Waals surface area contributed by atoms with Gasteiger partial charge in [0.25, 0.3) is 5.91 Å². The van der Waals surface area contributed by atoms with Crippen LogP contribution in [-0.4, -0.2) is 39.3 Å². The number of halogens is 1. The van der Waals surface area contributed by atoms with Crippen molar-refractivity contribution in [1.29, 1.82) is 0 Å². The van der Waals surface area contributed by atoms with Crippen LogP contribution in [-0.2, 0) is 0 Å². The van der Waals surface area contributed by atoms with Gasteiger partial charge < -0.3 is 14.2 Å². The molecule has 146 valence electrons. The number of anilines is 1. The van der Waals surface area contributed by atoms with E-state index in [-0.39, 0.29) is 11.7 Å². The summed E-state index contributed by atoms with van der Waals surface area (Å²) in [6, 6.07) is 9.23. The molecule has 6 nitrogen and oxygen atoms in total. The molecule has 1 amide bonds. The molecule has 8 heteroatoms. The van der Waals surface area contributed by atoms with E-state index in [2.05, 4.69) is 4.98 Å². The average molecular weight is 402 g/mol. The van der Waals surface area contributed by atoms with Gasteiger partial charge in [-0.05, 0) is 36.4 Å². The smallest absolute Gasteiger partial charge is 0.260 e. The highest BCUT2D eigenvalue weighted by atomic mass is 32.1. The van der Waals surface area contributed by atoms with Crippen LogP contribution in [0.25, 0.3) is 11.3 Å². The second-order valence-electron chi connectivity index (χ2n) is 5.80. The molecule has 3 aromatic rings. The molecule has 0 bridgehead atoms. The number of carbonyl (C=O) groups excluding carboxylic acids is 1. The molecule has 0 unspecified atom stereocenters. The number of carbonyl (C=O) groups is 1. The normalized spacial score (nSPS) is 10.5. The van der Waals surface area contributed by atoms with E-state index in [1.54, 1.807) is 31.3 Å². The van der Waals surface area contributed by atoms with E-state index in [1.807, 2.05) is 5.38 Å². The van der Waals surface area contributed by atoms with Gasteiger partial charge in [0.2, 0.25) is 5.75 Å². The highest BCUT2D eigenvalue weighted by Crippen LogP contribution is 2.39. The fourth-order valence-electron chi connectivity index (χ4n) is 2.66. The molecule has 2 aromatic carbocycles. The highest BCUT2D eigenvalue weighted by molar-refractivity contribution is 7.14. The summed E-state index contributed by atoms with van der Waals surface area (Å²) >= 11 is 1.32. The first-order chi connectivity index (χ1) is 13.5. The summed E-state index contributed by atoms with van der Waals surface area (Å²) in [6.45, 7) is 0. The molecule has 0 fully saturated rings. The molecular formula is C20H19FN2O4S. The van der Waals surface area contributed by atoms with Crippen molar-refractivity contribution in [3.8, 4) is 28.5 Å². The van der Waals surface area contributed by atoms with Gasteiger partial charge in [-0.1, -0.05) is 0 Å². The monoisotopic (exact) mass is 402 g/mol. The molecule has 0 aliphatic carbocycles. The molecule has 0 spiro atoms. The fraction of sp³-hybridized carbons (Fsp3) is 0.200. The molecule has 0 saturated heterocycles. The standard InChI is InChI=1S/C20H19FN2O4S/c1-23(20-22-15(11-28-20)12-5-7-14(21)8-6-12)19(24)13-9-16(25-2)18(27-4)17(10-13)26-3/h5-11H,1-4H3. The van der Waals surface area contributed by atoms with Crippen molar-refractivity contribution >= 4 is 22.4 Å². The van der Waals surface area contributed by atoms with Crippen molar-refractivity contribution in [2.45, 2.75) is 0 Å². The van der Waals surface area contributed by atoms with Crippen LogP contribution < -0.4 is 19.1 Å². The summed E-state index contributed by atoms with van der Waals surface area (Å²) in [4.78, 5) is 18.9. The van der Waals surface area contributed by atoms with Gasteiger partial charge in [0.1, 0.15) is 5.82 Å². The van der Waals surface area contributed by atoms with Gasteiger partial charge in [-0.2, -0.15) is 0 Å². The number of amides is 1. The molecule has 1 aromatic heterocycles. The van der Waals surface area contributed by atoms with Gasteiger partial charge in [0.05, 0.1) is 27.0 Å². The summed E-state index contributed by atoms with van der Waals surface area (Å²) in [6.07, 6.45) is 0. The van der Waals surface area contributed by atoms with E-state index >= 15 is 0 Å². The van der Waals surface area contributed by atoms with E-state index in [9.17, 15) is 9.18 Å². The maximum atomic E-state index is 13.1. The van der Waals surface area contributed by atoms with Crippen molar-refractivity contribution in [2.75, 3.05) is 33.3 Å². The summed E-state index contributed by atoms with van der Waals surface area (Å²) in [5.41, 5.74) is 1.82. The number of rotatable bonds is 6. The summed E-state index contributed by atoms with van der Waals surface area (Å²) in [5.74, 6) is 0.611. The second-order valence-corrected chi connectivity index (χ2v) is 6.64. The number of aromatic nitrogens is 1. The van der Waals surface area contributed by atoms with Gasteiger partial charge in [-0.15, -0.1) is 11.3 Å². The van der Waals surface area contributed by atoms with Gasteiger partial charge in [-0.3, -0.25) is 9.69 Å². The predicted octanol–water partition coefficient (Wildman–Crippen LogP) is 4.25. The van der Waals surface area contributed by atoms with Crippen LogP contribution in [0.5, 0.6) is 17.2 Å². The maximum Gasteiger partial charge on any atom is 0.260 e. The summed E-state index contributed by atoms with van der Waals surface area (Å²) in [5, 5.41) is 2.33. The third kappa shape index (κ3) is 3.77. The summed E-state index contributed by atoms with van der Waals surface area (Å²) in [7, 11) is 6.12. The minimum absolute atomic E-state index is 0.278. The molecule has 0 radical (unpaired) electrons. The van der Waals surface area contributed by atoms with E-state index in [1.165, 1.54) is 49.7 Å². The zero-order valence-corrected chi connectivity index (χ0v) is 16.7. The molecule has 1 heterocycles. The third-order valence-corrected chi connectivity index (χ3v) is 5.05. The van der Waals surface area contributed by atoms with Crippen LogP contribution in [0.3, 0.4) is 0 Å². The number of benzene rings is 2. The van der Waals surface area contributed by atoms with E-state index in [4.69, 9.17) is 14.2 Å². The van der Waals surface area contributed by atoms with E-state index < -0.39 is 0 Å². The van der Waals surface area contributed by atoms with Crippen LogP contribution >= 0.6 is 11.3 Å². The lowest BCUT2D eigenvalue weighted by molar-refractivity contribution is 0.0992. The Labute approximate surface area is 166 Å². The van der Waals surface area contributed by atoms with Crippen molar-refractivity contribution < 1.29 is 23.4 Å². The number of methoxy groups -OCH3 is 3. The Morgan fingerprint density at radius 1 is 1.04 bits per heavy atom. The summed E-state index contributed by atoms with van der Waals surface area (Å²) < 4.78 is 29.0. The molecule has 0 saturated carbocycles. The van der Waals surface area contributed by atoms with Crippen LogP contribution in [0.15, 0.2) is 41.8 Å². The lowest BCUT2D eigenvalue weighted by Crippen LogP contribution is -2.26. The molecule has 0 atom stereocenters. The first-order valence-corrected chi connectivity index (χ1v) is 9.16. The number of hydrogen-bond acceptors (Lipinski definition) is 6. The molecule has 28 heavy (non-hydrogen) atoms. The lowest BCUT2D eigenvalue weighted by Gasteiger charge is -2.17. The van der Waals surface area contributed by atoms with Crippen LogP contribution in [0.2, 0.25) is 0 Å². The molecule has 0 aliphatic rings. The second kappa shape index (κ2) is 8.26. The molecule has 3 rings (SSSR count). The first kappa shape index (κ1) is 19.6. The highest BCUT2D eigenvalue weighted by Gasteiger charge is 2.22. The molecule has 0 aliphatic heterocycles. The number of nitrogens with zero attached hydrogens (tertiary/aromatic N) is 2. The van der Waals surface area contributed by atoms with E-state index in [0.29, 0.717) is 33.6 Å². The Morgan fingerprint density at radius 3 is 2.18 bits per heavy atom. The predicted molar refractivity (Wildman–Crippen MR) is 106 cm³/mol. The van der Waals surface area contributed by atoms with Crippen LogP contribution in [0.4, 0.5) is 9.52 Å². The third-order valence-electron chi connectivity index (χ3n) is 4.14. The average Bonchev–Trinajstić information content (AvgIpc) is 3.22. The zero-order valence-electron chi connectivity index (χ0n) is 15.9. The maximum absolute atomic E-state index is 13.1. The number of ether oxygens (including phenoxy) is 3. The first-order valence-electron chi connectivity index (χ1n) is 8.28. The Kier molecular flexibility index (Phi) is 5.79. The Balaban J connectivity index is 1.90. The number of thiazole rings is 1. The topological polar surface area (TPSA) is 60.9 Å². The van der Waals surface area contributed by atoms with Crippen LogP contribution in [0, 0.1) is 5.82 Å². The van der Waals surface area contributed by atoms with Crippen molar-refractivity contribution in [3.05, 3.63) is 53.2 Å². The zero-order chi connectivity index (χ0) is 20.3. The molecular weight excluding hydrogens is 383 g/mol. The van der Waals surface area contributed by atoms with Crippen molar-refractivity contribution in [3.63, 3.8) is 0 Å². The Morgan fingerprint density at radius 2 is 1.64 bits per heavy atom. The number of hydrogen-bond donors (Lipinski definition) is 0. The van der Waals surface area contributed by atoms with Crippen molar-refractivity contribution in [2.24, 2.45) is 0 Å². The van der Waals surface area contributed by atoms with Gasteiger partial charge in [0, 0.05) is 23.6 Å². The minimum atomic E-state index is -0.311. The SMILES string of the molecule is COc1cc(C(=O)N(C)c2nc(-c3ccc(F)cc3)cs2)cc(OC)c1OC. The Hall–Kier alpha value is -3.13. The quantitative estimate of drug-likeness (QED) is 0.617. The van der Waals surface area contributed by atoms with Crippen LogP contribution in [0.1, 0.15) is 10.4 Å². The van der Waals surface area contributed by atoms with Gasteiger partial charge in [-0.25, -0.2) is 9.37 Å². The lowest BCUT2D eigenvalue weighted by atomic mass is 10.1. The Bertz CT molecular complexity index is 963. The fourth-order valence-corrected chi connectivity index (χ4v) is 3.45. The van der Waals surface area contributed by atoms with Crippen molar-refractivity contribution in [1.82, 2.24) is 4.98 Å².